The van der Waals surface area contributed by atoms with E-state index in [1.165, 1.54) is 16.7 Å². The van der Waals surface area contributed by atoms with Crippen molar-refractivity contribution in [3.8, 4) is 56.4 Å². The molecular weight excluding hydrogens is 500 g/mol. The third-order valence-electron chi connectivity index (χ3n) is 7.94. The molecule has 0 N–H and O–H groups in total. The van der Waals surface area contributed by atoms with Gasteiger partial charge in [0.2, 0.25) is 0 Å². The molecule has 0 radical (unpaired) electrons. The summed E-state index contributed by atoms with van der Waals surface area (Å²) < 4.78 is 0. The summed E-state index contributed by atoms with van der Waals surface area (Å²) in [5, 5.41) is 0. The molecule has 0 fully saturated rings. The largest absolute Gasteiger partial charge is 0.238 e. The van der Waals surface area contributed by atoms with Crippen LogP contribution in [-0.4, -0.2) is 15.0 Å². The van der Waals surface area contributed by atoms with Gasteiger partial charge in [-0.3, -0.25) is 0 Å². The minimum atomic E-state index is -0.113. The maximum Gasteiger partial charge on any atom is 0.187 e. The van der Waals surface area contributed by atoms with Crippen molar-refractivity contribution >= 4 is 5.69 Å². The topological polar surface area (TPSA) is 43.0 Å². The van der Waals surface area contributed by atoms with Crippen LogP contribution in [0.3, 0.4) is 0 Å². The van der Waals surface area contributed by atoms with E-state index in [2.05, 4.69) is 67.2 Å². The molecule has 0 atom stereocenters. The maximum atomic E-state index is 7.52. The molecule has 0 amide bonds. The standard InChI is InChI=1S/C37H26N4/c1-37(2)32-19-17-27(22-30(32)31-23-29(38-3)18-20-33(31)37)26-15-10-16-28(21-26)36-40-34(24-11-6-4-7-12-24)39-35(41-36)25-13-8-5-9-14-25/h4-23H,1-2H3. The van der Waals surface area contributed by atoms with Crippen molar-refractivity contribution in [3.63, 3.8) is 0 Å². The van der Waals surface area contributed by atoms with Gasteiger partial charge in [0, 0.05) is 22.1 Å². The quantitative estimate of drug-likeness (QED) is 0.215. The van der Waals surface area contributed by atoms with Crippen molar-refractivity contribution in [2.45, 2.75) is 19.3 Å². The first-order chi connectivity index (χ1) is 20.0. The Bertz CT molecular complexity index is 1910. The van der Waals surface area contributed by atoms with Crippen LogP contribution in [0.4, 0.5) is 5.69 Å². The summed E-state index contributed by atoms with van der Waals surface area (Å²) in [5.41, 5.74) is 10.5. The van der Waals surface area contributed by atoms with Gasteiger partial charge in [-0.2, -0.15) is 0 Å². The zero-order chi connectivity index (χ0) is 28.0. The molecule has 0 saturated carbocycles. The van der Waals surface area contributed by atoms with Crippen molar-refractivity contribution in [1.82, 2.24) is 15.0 Å². The first-order valence-corrected chi connectivity index (χ1v) is 13.7. The van der Waals surface area contributed by atoms with Gasteiger partial charge in [0.25, 0.3) is 0 Å². The van der Waals surface area contributed by atoms with Gasteiger partial charge in [0.15, 0.2) is 23.2 Å². The molecule has 0 aliphatic heterocycles. The van der Waals surface area contributed by atoms with Crippen LogP contribution in [0.5, 0.6) is 0 Å². The summed E-state index contributed by atoms with van der Waals surface area (Å²) in [6, 6.07) is 41.2. The third kappa shape index (κ3) is 4.29. The van der Waals surface area contributed by atoms with Gasteiger partial charge in [-0.05, 0) is 51.6 Å². The van der Waals surface area contributed by atoms with Gasteiger partial charge in [0.05, 0.1) is 6.57 Å². The van der Waals surface area contributed by atoms with Crippen LogP contribution in [0, 0.1) is 6.57 Å². The third-order valence-corrected chi connectivity index (χ3v) is 7.94. The summed E-state index contributed by atoms with van der Waals surface area (Å²) in [4.78, 5) is 18.3. The smallest absolute Gasteiger partial charge is 0.187 e. The molecule has 0 bridgehead atoms. The fraction of sp³-hybridized carbons (Fsp3) is 0.0811. The Labute approximate surface area is 239 Å². The second kappa shape index (κ2) is 9.66. The van der Waals surface area contributed by atoms with Gasteiger partial charge in [-0.25, -0.2) is 19.8 Å². The minimum absolute atomic E-state index is 0.113. The van der Waals surface area contributed by atoms with Crippen LogP contribution in [0.1, 0.15) is 25.0 Å². The second-order valence-corrected chi connectivity index (χ2v) is 10.8. The Hall–Kier alpha value is -5.40. The highest BCUT2D eigenvalue weighted by Crippen LogP contribution is 2.50. The second-order valence-electron chi connectivity index (χ2n) is 10.8. The first kappa shape index (κ1) is 24.6. The molecule has 1 aliphatic carbocycles. The molecule has 7 rings (SSSR count). The number of aromatic nitrogens is 3. The average molecular weight is 527 g/mol. The fourth-order valence-electron chi connectivity index (χ4n) is 5.78. The number of fused-ring (bicyclic) bond motifs is 3. The Kier molecular flexibility index (Phi) is 5.80. The van der Waals surface area contributed by atoms with Gasteiger partial charge < -0.3 is 0 Å². The zero-order valence-corrected chi connectivity index (χ0v) is 22.8. The van der Waals surface area contributed by atoms with E-state index >= 15 is 0 Å². The van der Waals surface area contributed by atoms with Crippen molar-refractivity contribution in [2.24, 2.45) is 0 Å². The van der Waals surface area contributed by atoms with E-state index in [-0.39, 0.29) is 5.41 Å². The monoisotopic (exact) mass is 526 g/mol. The number of nitrogens with zero attached hydrogens (tertiary/aromatic N) is 4. The first-order valence-electron chi connectivity index (χ1n) is 13.7. The highest BCUT2D eigenvalue weighted by Gasteiger charge is 2.35. The van der Waals surface area contributed by atoms with E-state index in [9.17, 15) is 0 Å². The van der Waals surface area contributed by atoms with E-state index in [0.29, 0.717) is 23.2 Å². The molecule has 4 nitrogen and oxygen atoms in total. The van der Waals surface area contributed by atoms with Gasteiger partial charge >= 0.3 is 0 Å². The molecule has 1 aromatic heterocycles. The molecule has 5 aromatic carbocycles. The van der Waals surface area contributed by atoms with Crippen molar-refractivity contribution < 1.29 is 0 Å². The van der Waals surface area contributed by atoms with Crippen LogP contribution in [0.25, 0.3) is 61.3 Å². The normalized spacial score (nSPS) is 12.8. The van der Waals surface area contributed by atoms with Crippen LogP contribution in [0.2, 0.25) is 0 Å². The SMILES string of the molecule is [C-]#[N+]c1ccc2c(c1)-c1cc(-c3cccc(-c4nc(-c5ccccc5)nc(-c5ccccc5)n4)c3)ccc1C2(C)C. The molecule has 4 heteroatoms. The number of hydrogen-bond donors (Lipinski definition) is 0. The summed E-state index contributed by atoms with van der Waals surface area (Å²) >= 11 is 0. The zero-order valence-electron chi connectivity index (χ0n) is 22.8. The van der Waals surface area contributed by atoms with Crippen molar-refractivity contribution in [1.29, 1.82) is 0 Å². The Morgan fingerprint density at radius 1 is 0.488 bits per heavy atom. The lowest BCUT2D eigenvalue weighted by Crippen LogP contribution is -2.14. The van der Waals surface area contributed by atoms with Crippen molar-refractivity contribution in [2.75, 3.05) is 0 Å². The molecule has 194 valence electrons. The minimum Gasteiger partial charge on any atom is -0.238 e. The molecule has 1 aliphatic rings. The summed E-state index contributed by atoms with van der Waals surface area (Å²) in [6.45, 7) is 12.0. The lowest BCUT2D eigenvalue weighted by molar-refractivity contribution is 0.660. The van der Waals surface area contributed by atoms with E-state index in [0.717, 1.165) is 33.4 Å². The Morgan fingerprint density at radius 2 is 0.976 bits per heavy atom. The maximum absolute atomic E-state index is 7.52. The summed E-state index contributed by atoms with van der Waals surface area (Å²) in [6.07, 6.45) is 0. The summed E-state index contributed by atoms with van der Waals surface area (Å²) in [5.74, 6) is 1.92. The van der Waals surface area contributed by atoms with Gasteiger partial charge in [-0.15, -0.1) is 0 Å². The Balaban J connectivity index is 1.35. The predicted molar refractivity (Wildman–Crippen MR) is 165 cm³/mol. The average Bonchev–Trinajstić information content (AvgIpc) is 3.27. The summed E-state index contributed by atoms with van der Waals surface area (Å²) in [7, 11) is 0. The van der Waals surface area contributed by atoms with Crippen LogP contribution in [0.15, 0.2) is 121 Å². The van der Waals surface area contributed by atoms with E-state index in [1.807, 2.05) is 72.8 Å². The molecular formula is C37H26N4. The van der Waals surface area contributed by atoms with Gasteiger partial charge in [0.1, 0.15) is 0 Å². The van der Waals surface area contributed by atoms with E-state index in [4.69, 9.17) is 21.5 Å². The molecule has 41 heavy (non-hydrogen) atoms. The molecule has 0 unspecified atom stereocenters. The van der Waals surface area contributed by atoms with Crippen LogP contribution >= 0.6 is 0 Å². The highest BCUT2D eigenvalue weighted by molar-refractivity contribution is 5.86. The Morgan fingerprint density at radius 3 is 1.59 bits per heavy atom. The van der Waals surface area contributed by atoms with Crippen LogP contribution < -0.4 is 0 Å². The highest BCUT2D eigenvalue weighted by atomic mass is 15.0. The molecule has 1 heterocycles. The molecule has 6 aromatic rings. The molecule has 0 spiro atoms. The predicted octanol–water partition coefficient (Wildman–Crippen LogP) is 9.40. The van der Waals surface area contributed by atoms with E-state index < -0.39 is 0 Å². The van der Waals surface area contributed by atoms with Crippen molar-refractivity contribution in [3.05, 3.63) is 144 Å². The van der Waals surface area contributed by atoms with E-state index in [1.54, 1.807) is 0 Å². The lowest BCUT2D eigenvalue weighted by atomic mass is 9.82. The van der Waals surface area contributed by atoms with Gasteiger partial charge in [-0.1, -0.05) is 117 Å². The van der Waals surface area contributed by atoms with Crippen LogP contribution in [-0.2, 0) is 5.41 Å². The number of benzene rings is 5. The molecule has 0 saturated heterocycles. The lowest BCUT2D eigenvalue weighted by Gasteiger charge is -2.21. The number of hydrogen-bond acceptors (Lipinski definition) is 3. The fourth-order valence-corrected chi connectivity index (χ4v) is 5.78. The number of rotatable bonds is 4.